The first-order valence-corrected chi connectivity index (χ1v) is 9.56. The minimum atomic E-state index is -0.418. The quantitative estimate of drug-likeness (QED) is 0.462. The van der Waals surface area contributed by atoms with Crippen LogP contribution in [-0.4, -0.2) is 37.9 Å². The molecule has 0 amide bonds. The van der Waals surface area contributed by atoms with Gasteiger partial charge in [-0.1, -0.05) is 12.1 Å². The van der Waals surface area contributed by atoms with Crippen molar-refractivity contribution in [2.75, 3.05) is 21.3 Å². The van der Waals surface area contributed by atoms with E-state index in [-0.39, 0.29) is 30.1 Å². The van der Waals surface area contributed by atoms with Gasteiger partial charge in [0, 0.05) is 24.0 Å². The smallest absolute Gasteiger partial charge is 0.181 e. The number of ether oxygens (including phenoxy) is 3. The third kappa shape index (κ3) is 5.06. The SMILES string of the molecule is COc1ccc(C(=O)CCC(=O)c2ccc(OC)c(-c3cccc(F)c3)n2)cc1OC. The molecule has 1 aromatic heterocycles. The van der Waals surface area contributed by atoms with Crippen LogP contribution >= 0.6 is 0 Å². The molecule has 0 saturated carbocycles. The summed E-state index contributed by atoms with van der Waals surface area (Å²) in [7, 11) is 4.47. The van der Waals surface area contributed by atoms with Gasteiger partial charge in [-0.15, -0.1) is 0 Å². The van der Waals surface area contributed by atoms with Crippen molar-refractivity contribution in [2.24, 2.45) is 0 Å². The van der Waals surface area contributed by atoms with Crippen LogP contribution in [0.25, 0.3) is 11.3 Å². The normalized spacial score (nSPS) is 10.5. The van der Waals surface area contributed by atoms with Crippen LogP contribution in [0.3, 0.4) is 0 Å². The highest BCUT2D eigenvalue weighted by Crippen LogP contribution is 2.30. The number of rotatable bonds is 9. The van der Waals surface area contributed by atoms with E-state index in [0.717, 1.165) is 0 Å². The Morgan fingerprint density at radius 2 is 1.48 bits per heavy atom. The molecule has 160 valence electrons. The largest absolute Gasteiger partial charge is 0.494 e. The summed E-state index contributed by atoms with van der Waals surface area (Å²) in [6, 6.07) is 13.9. The summed E-state index contributed by atoms with van der Waals surface area (Å²) in [5, 5.41) is 0. The van der Waals surface area contributed by atoms with Gasteiger partial charge in [0.2, 0.25) is 0 Å². The number of nitrogens with zero attached hydrogens (tertiary/aromatic N) is 1. The summed E-state index contributed by atoms with van der Waals surface area (Å²) in [4.78, 5) is 29.6. The molecule has 2 aromatic carbocycles. The lowest BCUT2D eigenvalue weighted by Crippen LogP contribution is -2.08. The van der Waals surface area contributed by atoms with Crippen LogP contribution < -0.4 is 14.2 Å². The highest BCUT2D eigenvalue weighted by atomic mass is 19.1. The monoisotopic (exact) mass is 423 g/mol. The predicted molar refractivity (Wildman–Crippen MR) is 114 cm³/mol. The van der Waals surface area contributed by atoms with Crippen LogP contribution in [0.2, 0.25) is 0 Å². The van der Waals surface area contributed by atoms with Crippen LogP contribution in [0.5, 0.6) is 17.2 Å². The fourth-order valence-electron chi connectivity index (χ4n) is 3.12. The Hall–Kier alpha value is -3.74. The van der Waals surface area contributed by atoms with E-state index in [1.807, 2.05) is 0 Å². The molecule has 0 N–H and O–H groups in total. The molecule has 0 radical (unpaired) electrons. The topological polar surface area (TPSA) is 74.7 Å². The number of aromatic nitrogens is 1. The number of halogens is 1. The van der Waals surface area contributed by atoms with Crippen LogP contribution in [0.15, 0.2) is 54.6 Å². The molecule has 6 nitrogen and oxygen atoms in total. The number of pyridine rings is 1. The van der Waals surface area contributed by atoms with Crippen molar-refractivity contribution in [1.29, 1.82) is 0 Å². The summed E-state index contributed by atoms with van der Waals surface area (Å²) in [5.74, 6) is 0.461. The second kappa shape index (κ2) is 9.84. The number of carbonyl (C=O) groups excluding carboxylic acids is 2. The first-order chi connectivity index (χ1) is 15.0. The Morgan fingerprint density at radius 1 is 0.806 bits per heavy atom. The lowest BCUT2D eigenvalue weighted by atomic mass is 10.0. The van der Waals surface area contributed by atoms with Gasteiger partial charge in [0.05, 0.1) is 21.3 Å². The van der Waals surface area contributed by atoms with Crippen molar-refractivity contribution < 1.29 is 28.2 Å². The zero-order chi connectivity index (χ0) is 22.4. The zero-order valence-electron chi connectivity index (χ0n) is 17.5. The Balaban J connectivity index is 1.76. The van der Waals surface area contributed by atoms with Gasteiger partial charge < -0.3 is 14.2 Å². The van der Waals surface area contributed by atoms with Gasteiger partial charge in [0.25, 0.3) is 0 Å². The Kier molecular flexibility index (Phi) is 6.97. The minimum Gasteiger partial charge on any atom is -0.494 e. The molecule has 7 heteroatoms. The predicted octanol–water partition coefficient (Wildman–Crippen LogP) is 4.76. The van der Waals surface area contributed by atoms with E-state index in [4.69, 9.17) is 14.2 Å². The van der Waals surface area contributed by atoms with Gasteiger partial charge in [-0.3, -0.25) is 9.59 Å². The van der Waals surface area contributed by atoms with E-state index in [9.17, 15) is 14.0 Å². The lowest BCUT2D eigenvalue weighted by Gasteiger charge is -2.10. The fraction of sp³-hybridized carbons (Fsp3) is 0.208. The van der Waals surface area contributed by atoms with Crippen molar-refractivity contribution in [1.82, 2.24) is 4.98 Å². The number of Topliss-reactive ketones (excluding diaryl/α,β-unsaturated/α-hetero) is 2. The van der Waals surface area contributed by atoms with E-state index in [1.165, 1.54) is 39.5 Å². The molecular weight excluding hydrogens is 401 g/mol. The first kappa shape index (κ1) is 22.0. The maximum absolute atomic E-state index is 13.6. The van der Waals surface area contributed by atoms with E-state index in [0.29, 0.717) is 34.1 Å². The maximum atomic E-state index is 13.6. The van der Waals surface area contributed by atoms with Crippen molar-refractivity contribution in [2.45, 2.75) is 12.8 Å². The number of carbonyl (C=O) groups is 2. The molecule has 0 aliphatic carbocycles. The second-order valence-corrected chi connectivity index (χ2v) is 6.67. The second-order valence-electron chi connectivity index (χ2n) is 6.67. The van der Waals surface area contributed by atoms with Crippen molar-refractivity contribution in [3.8, 4) is 28.5 Å². The Morgan fingerprint density at radius 3 is 2.16 bits per heavy atom. The molecular formula is C24H22FNO5. The van der Waals surface area contributed by atoms with Gasteiger partial charge in [-0.05, 0) is 42.5 Å². The van der Waals surface area contributed by atoms with E-state index in [1.54, 1.807) is 36.4 Å². The molecule has 0 aliphatic heterocycles. The number of hydrogen-bond acceptors (Lipinski definition) is 6. The molecule has 3 aromatic rings. The van der Waals surface area contributed by atoms with Crippen molar-refractivity contribution in [3.63, 3.8) is 0 Å². The van der Waals surface area contributed by atoms with Gasteiger partial charge in [-0.25, -0.2) is 9.37 Å². The van der Waals surface area contributed by atoms with Gasteiger partial charge in [-0.2, -0.15) is 0 Å². The highest BCUT2D eigenvalue weighted by molar-refractivity contribution is 6.02. The van der Waals surface area contributed by atoms with Gasteiger partial charge in [0.1, 0.15) is 23.0 Å². The van der Waals surface area contributed by atoms with Gasteiger partial charge >= 0.3 is 0 Å². The van der Waals surface area contributed by atoms with Gasteiger partial charge in [0.15, 0.2) is 23.1 Å². The summed E-state index contributed by atoms with van der Waals surface area (Å²) in [6.45, 7) is 0. The lowest BCUT2D eigenvalue weighted by molar-refractivity contribution is 0.0915. The Bertz CT molecular complexity index is 1110. The maximum Gasteiger partial charge on any atom is 0.181 e. The molecule has 0 saturated heterocycles. The summed E-state index contributed by atoms with van der Waals surface area (Å²) in [5.41, 5.74) is 1.46. The molecule has 0 spiro atoms. The van der Waals surface area contributed by atoms with E-state index < -0.39 is 5.82 Å². The fourth-order valence-corrected chi connectivity index (χ4v) is 3.12. The van der Waals surface area contributed by atoms with E-state index >= 15 is 0 Å². The number of ketones is 2. The molecule has 0 bridgehead atoms. The third-order valence-corrected chi connectivity index (χ3v) is 4.75. The minimum absolute atomic E-state index is 0.0112. The molecule has 0 unspecified atom stereocenters. The summed E-state index contributed by atoms with van der Waals surface area (Å²) in [6.07, 6.45) is -0.00752. The molecule has 31 heavy (non-hydrogen) atoms. The standard InChI is InChI=1S/C24H22FNO5/c1-29-21-11-7-15(14-23(21)31-3)19(27)9-10-20(28)18-8-12-22(30-2)24(26-18)16-5-4-6-17(25)13-16/h4-8,11-14H,9-10H2,1-3H3. The van der Waals surface area contributed by atoms with Crippen LogP contribution in [0, 0.1) is 5.82 Å². The summed E-state index contributed by atoms with van der Waals surface area (Å²) >= 11 is 0. The molecule has 1 heterocycles. The molecule has 0 aliphatic rings. The van der Waals surface area contributed by atoms with Crippen LogP contribution in [0.4, 0.5) is 4.39 Å². The van der Waals surface area contributed by atoms with Crippen LogP contribution in [0.1, 0.15) is 33.7 Å². The number of benzene rings is 2. The van der Waals surface area contributed by atoms with Crippen LogP contribution in [-0.2, 0) is 0 Å². The highest BCUT2D eigenvalue weighted by Gasteiger charge is 2.17. The first-order valence-electron chi connectivity index (χ1n) is 9.56. The summed E-state index contributed by atoms with van der Waals surface area (Å²) < 4.78 is 29.3. The van der Waals surface area contributed by atoms with Crippen molar-refractivity contribution >= 4 is 11.6 Å². The third-order valence-electron chi connectivity index (χ3n) is 4.75. The average Bonchev–Trinajstić information content (AvgIpc) is 2.81. The van der Waals surface area contributed by atoms with E-state index in [2.05, 4.69) is 4.98 Å². The molecule has 0 atom stereocenters. The number of methoxy groups -OCH3 is 3. The molecule has 3 rings (SSSR count). The van der Waals surface area contributed by atoms with Crippen molar-refractivity contribution in [3.05, 3.63) is 71.7 Å². The number of hydrogen-bond donors (Lipinski definition) is 0. The molecule has 0 fully saturated rings. The zero-order valence-corrected chi connectivity index (χ0v) is 17.5. The average molecular weight is 423 g/mol. The Labute approximate surface area is 179 Å².